The van der Waals surface area contributed by atoms with Crippen molar-refractivity contribution in [1.82, 2.24) is 0 Å². The van der Waals surface area contributed by atoms with Crippen LogP contribution in [-0.2, 0) is 19.7 Å². The second-order valence-electron chi connectivity index (χ2n) is 6.40. The standard InChI is InChI=1S/C16H22O4/c1-15(2,9-14(17)18)12-7-5-6-11(8-12)13-10-19-16(3,4)20-13/h5-8,13H,9-10H2,1-4H3,(H,17,18). The van der Waals surface area contributed by atoms with Gasteiger partial charge in [0.2, 0.25) is 0 Å². The molecule has 1 aliphatic heterocycles. The minimum atomic E-state index is -0.790. The lowest BCUT2D eigenvalue weighted by atomic mass is 9.81. The predicted octanol–water partition coefficient (Wildman–Crippen LogP) is 3.26. The normalized spacial score (nSPS) is 21.9. The summed E-state index contributed by atoms with van der Waals surface area (Å²) >= 11 is 0. The predicted molar refractivity (Wildman–Crippen MR) is 75.6 cm³/mol. The van der Waals surface area contributed by atoms with E-state index in [4.69, 9.17) is 14.6 Å². The molecule has 110 valence electrons. The molecule has 1 fully saturated rings. The summed E-state index contributed by atoms with van der Waals surface area (Å²) in [4.78, 5) is 11.0. The van der Waals surface area contributed by atoms with Crippen LogP contribution in [0.1, 0.15) is 51.3 Å². The number of ether oxygens (including phenoxy) is 2. The topological polar surface area (TPSA) is 55.8 Å². The first kappa shape index (κ1) is 15.0. The average molecular weight is 278 g/mol. The maximum atomic E-state index is 11.0. The summed E-state index contributed by atoms with van der Waals surface area (Å²) in [5.74, 6) is -1.35. The molecule has 0 saturated carbocycles. The molecule has 1 aliphatic rings. The molecule has 0 amide bonds. The number of carbonyl (C=O) groups is 1. The average Bonchev–Trinajstić information content (AvgIpc) is 2.68. The number of aliphatic carboxylic acids is 1. The Morgan fingerprint density at radius 1 is 1.45 bits per heavy atom. The highest BCUT2D eigenvalue weighted by molar-refractivity contribution is 5.68. The smallest absolute Gasteiger partial charge is 0.304 e. The molecule has 1 aromatic rings. The van der Waals surface area contributed by atoms with Gasteiger partial charge in [0.25, 0.3) is 0 Å². The summed E-state index contributed by atoms with van der Waals surface area (Å²) in [5, 5.41) is 9.02. The van der Waals surface area contributed by atoms with Crippen LogP contribution in [0.3, 0.4) is 0 Å². The van der Waals surface area contributed by atoms with E-state index in [9.17, 15) is 4.79 Å². The van der Waals surface area contributed by atoms with Gasteiger partial charge in [-0.25, -0.2) is 0 Å². The fourth-order valence-corrected chi connectivity index (χ4v) is 2.49. The summed E-state index contributed by atoms with van der Waals surface area (Å²) in [6.45, 7) is 8.19. The number of carboxylic acid groups (broad SMARTS) is 1. The van der Waals surface area contributed by atoms with Crippen molar-refractivity contribution < 1.29 is 19.4 Å². The molecule has 1 heterocycles. The van der Waals surface area contributed by atoms with Crippen molar-refractivity contribution in [3.63, 3.8) is 0 Å². The Kier molecular flexibility index (Phi) is 3.89. The minimum absolute atomic E-state index is 0.0921. The van der Waals surface area contributed by atoms with Gasteiger partial charge in [-0.3, -0.25) is 4.79 Å². The third kappa shape index (κ3) is 3.38. The molecule has 20 heavy (non-hydrogen) atoms. The van der Waals surface area contributed by atoms with E-state index in [0.29, 0.717) is 6.61 Å². The minimum Gasteiger partial charge on any atom is -0.481 e. The van der Waals surface area contributed by atoms with Gasteiger partial charge in [0.05, 0.1) is 13.0 Å². The van der Waals surface area contributed by atoms with Gasteiger partial charge >= 0.3 is 5.97 Å². The molecule has 0 spiro atoms. The third-order valence-electron chi connectivity index (χ3n) is 3.64. The summed E-state index contributed by atoms with van der Waals surface area (Å²) in [6.07, 6.45) is 0.00910. The molecule has 2 rings (SSSR count). The Bertz CT molecular complexity index is 505. The summed E-state index contributed by atoms with van der Waals surface area (Å²) in [6, 6.07) is 7.93. The van der Waals surface area contributed by atoms with Gasteiger partial charge in [-0.05, 0) is 25.0 Å². The Labute approximate surface area is 119 Å². The largest absolute Gasteiger partial charge is 0.481 e. The van der Waals surface area contributed by atoms with Crippen LogP contribution in [0.25, 0.3) is 0 Å². The van der Waals surface area contributed by atoms with Gasteiger partial charge in [-0.15, -0.1) is 0 Å². The first-order valence-corrected chi connectivity index (χ1v) is 6.84. The van der Waals surface area contributed by atoms with Crippen LogP contribution in [0.4, 0.5) is 0 Å². The van der Waals surface area contributed by atoms with Crippen molar-refractivity contribution in [3.8, 4) is 0 Å². The summed E-state index contributed by atoms with van der Waals surface area (Å²) < 4.78 is 11.4. The van der Waals surface area contributed by atoms with Crippen molar-refractivity contribution in [2.75, 3.05) is 6.61 Å². The summed E-state index contributed by atoms with van der Waals surface area (Å²) in [5.41, 5.74) is 1.63. The first-order valence-electron chi connectivity index (χ1n) is 6.84. The highest BCUT2D eigenvalue weighted by Crippen LogP contribution is 2.35. The van der Waals surface area contributed by atoms with Crippen LogP contribution in [0.5, 0.6) is 0 Å². The highest BCUT2D eigenvalue weighted by atomic mass is 16.7. The number of hydrogen-bond donors (Lipinski definition) is 1. The van der Waals surface area contributed by atoms with Crippen molar-refractivity contribution in [2.24, 2.45) is 0 Å². The fourth-order valence-electron chi connectivity index (χ4n) is 2.49. The molecular formula is C16H22O4. The molecular weight excluding hydrogens is 256 g/mol. The van der Waals surface area contributed by atoms with Crippen molar-refractivity contribution >= 4 is 5.97 Å². The zero-order valence-corrected chi connectivity index (χ0v) is 12.5. The van der Waals surface area contributed by atoms with E-state index in [1.807, 2.05) is 52.0 Å². The molecule has 0 bridgehead atoms. The molecule has 1 N–H and O–H groups in total. The van der Waals surface area contributed by atoms with Crippen molar-refractivity contribution in [1.29, 1.82) is 0 Å². The van der Waals surface area contributed by atoms with Crippen LogP contribution < -0.4 is 0 Å². The number of carboxylic acids is 1. The van der Waals surface area contributed by atoms with Gasteiger partial charge in [0.1, 0.15) is 6.10 Å². The highest BCUT2D eigenvalue weighted by Gasteiger charge is 2.34. The molecule has 1 aromatic carbocycles. The van der Waals surface area contributed by atoms with Gasteiger partial charge in [0, 0.05) is 5.41 Å². The molecule has 1 saturated heterocycles. The maximum Gasteiger partial charge on any atom is 0.304 e. The zero-order chi connectivity index (χ0) is 15.0. The van der Waals surface area contributed by atoms with E-state index < -0.39 is 17.2 Å². The molecule has 1 atom stereocenters. The SMILES string of the molecule is CC1(C)OCC(c2cccc(C(C)(C)CC(=O)O)c2)O1. The lowest BCUT2D eigenvalue weighted by molar-refractivity contribution is -0.139. The Balaban J connectivity index is 2.22. The lowest BCUT2D eigenvalue weighted by Crippen LogP contribution is -2.22. The molecule has 0 aromatic heterocycles. The van der Waals surface area contributed by atoms with Gasteiger partial charge < -0.3 is 14.6 Å². The van der Waals surface area contributed by atoms with E-state index in [1.165, 1.54) is 0 Å². The summed E-state index contributed by atoms with van der Waals surface area (Å²) in [7, 11) is 0. The van der Waals surface area contributed by atoms with E-state index in [1.54, 1.807) is 0 Å². The second kappa shape index (κ2) is 5.19. The van der Waals surface area contributed by atoms with Gasteiger partial charge in [-0.2, -0.15) is 0 Å². The van der Waals surface area contributed by atoms with Crippen LogP contribution in [-0.4, -0.2) is 23.5 Å². The Morgan fingerprint density at radius 3 is 2.70 bits per heavy atom. The number of hydrogen-bond acceptors (Lipinski definition) is 3. The van der Waals surface area contributed by atoms with E-state index in [0.717, 1.165) is 11.1 Å². The van der Waals surface area contributed by atoms with Crippen LogP contribution >= 0.6 is 0 Å². The molecule has 0 aliphatic carbocycles. The fraction of sp³-hybridized carbons (Fsp3) is 0.562. The number of rotatable bonds is 4. The van der Waals surface area contributed by atoms with Crippen LogP contribution in [0, 0.1) is 0 Å². The molecule has 0 radical (unpaired) electrons. The Morgan fingerprint density at radius 2 is 2.15 bits per heavy atom. The Hall–Kier alpha value is -1.39. The van der Waals surface area contributed by atoms with E-state index >= 15 is 0 Å². The second-order valence-corrected chi connectivity index (χ2v) is 6.40. The number of benzene rings is 1. The quantitative estimate of drug-likeness (QED) is 0.918. The zero-order valence-electron chi connectivity index (χ0n) is 12.5. The molecule has 4 heteroatoms. The maximum absolute atomic E-state index is 11.0. The third-order valence-corrected chi connectivity index (χ3v) is 3.64. The lowest BCUT2D eigenvalue weighted by Gasteiger charge is -2.24. The molecule has 4 nitrogen and oxygen atoms in total. The van der Waals surface area contributed by atoms with Crippen LogP contribution in [0.15, 0.2) is 24.3 Å². The van der Waals surface area contributed by atoms with E-state index in [2.05, 4.69) is 0 Å². The van der Waals surface area contributed by atoms with E-state index in [-0.39, 0.29) is 12.5 Å². The van der Waals surface area contributed by atoms with Crippen LogP contribution in [0.2, 0.25) is 0 Å². The monoisotopic (exact) mass is 278 g/mol. The van der Waals surface area contributed by atoms with Crippen molar-refractivity contribution in [3.05, 3.63) is 35.4 Å². The van der Waals surface area contributed by atoms with Crippen molar-refractivity contribution in [2.45, 2.75) is 51.4 Å². The van der Waals surface area contributed by atoms with Gasteiger partial charge in [-0.1, -0.05) is 38.1 Å². The van der Waals surface area contributed by atoms with Gasteiger partial charge in [0.15, 0.2) is 5.79 Å². The molecule has 1 unspecified atom stereocenters. The first-order chi connectivity index (χ1) is 9.20.